The van der Waals surface area contributed by atoms with Gasteiger partial charge in [-0.3, -0.25) is 9.69 Å². The Labute approximate surface area is 141 Å². The Morgan fingerprint density at radius 3 is 2.52 bits per heavy atom. The Morgan fingerprint density at radius 2 is 1.96 bits per heavy atom. The summed E-state index contributed by atoms with van der Waals surface area (Å²) in [6, 6.07) is 0.594. The third-order valence-electron chi connectivity index (χ3n) is 5.29. The van der Waals surface area contributed by atoms with Gasteiger partial charge >= 0.3 is 0 Å². The fourth-order valence-electron chi connectivity index (χ4n) is 3.75. The van der Waals surface area contributed by atoms with Gasteiger partial charge in [-0.05, 0) is 43.8 Å². The minimum Gasteiger partial charge on any atom is -0.374 e. The summed E-state index contributed by atoms with van der Waals surface area (Å²) in [7, 11) is 4.03. The van der Waals surface area contributed by atoms with Gasteiger partial charge < -0.3 is 9.80 Å². The van der Waals surface area contributed by atoms with E-state index in [1.54, 1.807) is 0 Å². The highest BCUT2D eigenvalue weighted by Gasteiger charge is 2.30. The zero-order valence-electron chi connectivity index (χ0n) is 14.7. The maximum atomic E-state index is 11.9. The van der Waals surface area contributed by atoms with Crippen LogP contribution in [0.15, 0.2) is 37.1 Å². The number of amides is 1. The normalized spacial score (nSPS) is 27.0. The van der Waals surface area contributed by atoms with E-state index >= 15 is 0 Å². The quantitative estimate of drug-likeness (QED) is 0.704. The smallest absolute Gasteiger partial charge is 0.236 e. The van der Waals surface area contributed by atoms with Crippen LogP contribution in [-0.2, 0) is 4.79 Å². The lowest BCUT2D eigenvalue weighted by atomic mass is 9.84. The third-order valence-corrected chi connectivity index (χ3v) is 5.29. The number of nitrogens with zero attached hydrogens (tertiary/aromatic N) is 3. The van der Waals surface area contributed by atoms with E-state index in [9.17, 15) is 4.79 Å². The second-order valence-electron chi connectivity index (χ2n) is 6.87. The van der Waals surface area contributed by atoms with Crippen LogP contribution in [0.25, 0.3) is 0 Å². The van der Waals surface area contributed by atoms with Crippen LogP contribution in [0.1, 0.15) is 25.7 Å². The molecule has 23 heavy (non-hydrogen) atoms. The van der Waals surface area contributed by atoms with E-state index in [-0.39, 0.29) is 5.91 Å². The first-order chi connectivity index (χ1) is 11.0. The van der Waals surface area contributed by atoms with E-state index < -0.39 is 0 Å². The topological polar surface area (TPSA) is 26.8 Å². The molecular formula is C19H31N3O. The van der Waals surface area contributed by atoms with Gasteiger partial charge in [-0.25, -0.2) is 0 Å². The van der Waals surface area contributed by atoms with Gasteiger partial charge in [0.15, 0.2) is 0 Å². The summed E-state index contributed by atoms with van der Waals surface area (Å²) in [4.78, 5) is 18.4. The van der Waals surface area contributed by atoms with Crippen LogP contribution in [0.5, 0.6) is 0 Å². The standard InChI is InChI=1S/C19H31N3O/c1-5-7-17(6-2)21(4)14-16-8-10-18(11-9-16)22-13-12-20(3)19(23)15-22/h5-7,16,18H,1-2,8-15H2,3-4H3. The summed E-state index contributed by atoms with van der Waals surface area (Å²) in [5.74, 6) is 0.996. The van der Waals surface area contributed by atoms with Crippen molar-refractivity contribution < 1.29 is 4.79 Å². The molecule has 2 rings (SSSR count). The zero-order chi connectivity index (χ0) is 16.8. The van der Waals surface area contributed by atoms with Gasteiger partial charge in [0, 0.05) is 45.5 Å². The number of carbonyl (C=O) groups excluding carboxylic acids is 1. The van der Waals surface area contributed by atoms with Crippen LogP contribution in [0, 0.1) is 5.92 Å². The molecule has 1 saturated heterocycles. The molecule has 0 unspecified atom stereocenters. The molecule has 0 spiro atoms. The summed E-state index contributed by atoms with van der Waals surface area (Å²) in [5.41, 5.74) is 1.13. The maximum Gasteiger partial charge on any atom is 0.236 e. The largest absolute Gasteiger partial charge is 0.374 e. The Morgan fingerprint density at radius 1 is 1.26 bits per heavy atom. The predicted octanol–water partition coefficient (Wildman–Crippen LogP) is 2.51. The van der Waals surface area contributed by atoms with E-state index in [0.29, 0.717) is 12.6 Å². The molecule has 0 N–H and O–H groups in total. The third kappa shape index (κ3) is 4.71. The lowest BCUT2D eigenvalue weighted by Crippen LogP contribution is -2.53. The molecule has 4 heteroatoms. The second kappa shape index (κ2) is 8.34. The molecule has 1 aliphatic carbocycles. The second-order valence-corrected chi connectivity index (χ2v) is 6.87. The van der Waals surface area contributed by atoms with Crippen molar-refractivity contribution in [3.63, 3.8) is 0 Å². The van der Waals surface area contributed by atoms with Gasteiger partial charge in [0.1, 0.15) is 0 Å². The van der Waals surface area contributed by atoms with E-state index in [0.717, 1.165) is 31.2 Å². The Balaban J connectivity index is 1.80. The van der Waals surface area contributed by atoms with Crippen molar-refractivity contribution in [1.82, 2.24) is 14.7 Å². The van der Waals surface area contributed by atoms with Gasteiger partial charge in [-0.2, -0.15) is 0 Å². The summed E-state index contributed by atoms with van der Waals surface area (Å²) < 4.78 is 0. The predicted molar refractivity (Wildman–Crippen MR) is 96.1 cm³/mol. The van der Waals surface area contributed by atoms with Crippen LogP contribution in [0.2, 0.25) is 0 Å². The van der Waals surface area contributed by atoms with Gasteiger partial charge in [-0.15, -0.1) is 0 Å². The van der Waals surface area contributed by atoms with Gasteiger partial charge in [0.25, 0.3) is 0 Å². The molecule has 0 aromatic carbocycles. The van der Waals surface area contributed by atoms with Crippen LogP contribution >= 0.6 is 0 Å². The molecule has 0 bridgehead atoms. The zero-order valence-corrected chi connectivity index (χ0v) is 14.7. The first-order valence-corrected chi connectivity index (χ1v) is 8.69. The molecule has 2 fully saturated rings. The Hall–Kier alpha value is -1.55. The first-order valence-electron chi connectivity index (χ1n) is 8.69. The lowest BCUT2D eigenvalue weighted by Gasteiger charge is -2.41. The average Bonchev–Trinajstić information content (AvgIpc) is 2.55. The van der Waals surface area contributed by atoms with Crippen LogP contribution in [-0.4, -0.2) is 66.9 Å². The number of hydrogen-bond donors (Lipinski definition) is 0. The lowest BCUT2D eigenvalue weighted by molar-refractivity contribution is -0.135. The molecular weight excluding hydrogens is 286 g/mol. The molecule has 0 aromatic rings. The Kier molecular flexibility index (Phi) is 6.46. The van der Waals surface area contributed by atoms with Crippen LogP contribution < -0.4 is 0 Å². The van der Waals surface area contributed by atoms with E-state index in [1.807, 2.05) is 30.2 Å². The Bertz CT molecular complexity index is 463. The highest BCUT2D eigenvalue weighted by molar-refractivity contribution is 5.78. The van der Waals surface area contributed by atoms with Crippen molar-refractivity contribution in [3.05, 3.63) is 37.1 Å². The summed E-state index contributed by atoms with van der Waals surface area (Å²) in [6.07, 6.45) is 10.6. The SMILES string of the molecule is C=CC=C(C=C)N(C)CC1CCC(N2CCN(C)C(=O)C2)CC1. The fraction of sp³-hybridized carbons (Fsp3) is 0.632. The molecule has 128 valence electrons. The number of hydrogen-bond acceptors (Lipinski definition) is 3. The molecule has 0 radical (unpaired) electrons. The van der Waals surface area contributed by atoms with Gasteiger partial charge in [0.2, 0.25) is 5.91 Å². The summed E-state index contributed by atoms with van der Waals surface area (Å²) in [5, 5.41) is 0. The van der Waals surface area contributed by atoms with Crippen LogP contribution in [0.3, 0.4) is 0 Å². The molecule has 0 atom stereocenters. The van der Waals surface area contributed by atoms with Crippen LogP contribution in [0.4, 0.5) is 0 Å². The van der Waals surface area contributed by atoms with E-state index in [1.165, 1.54) is 25.7 Å². The van der Waals surface area contributed by atoms with E-state index in [4.69, 9.17) is 0 Å². The minimum atomic E-state index is 0.267. The average molecular weight is 317 g/mol. The van der Waals surface area contributed by atoms with Crippen molar-refractivity contribution in [2.75, 3.05) is 40.3 Å². The minimum absolute atomic E-state index is 0.267. The van der Waals surface area contributed by atoms with Crippen molar-refractivity contribution in [3.8, 4) is 0 Å². The van der Waals surface area contributed by atoms with Gasteiger partial charge in [-0.1, -0.05) is 19.2 Å². The van der Waals surface area contributed by atoms with Crippen molar-refractivity contribution in [1.29, 1.82) is 0 Å². The highest BCUT2D eigenvalue weighted by atomic mass is 16.2. The number of allylic oxidation sites excluding steroid dienone is 3. The maximum absolute atomic E-state index is 11.9. The first kappa shape index (κ1) is 17.8. The van der Waals surface area contributed by atoms with Gasteiger partial charge in [0.05, 0.1) is 6.54 Å². The monoisotopic (exact) mass is 317 g/mol. The van der Waals surface area contributed by atoms with Crippen molar-refractivity contribution >= 4 is 5.91 Å². The van der Waals surface area contributed by atoms with E-state index in [2.05, 4.69) is 30.0 Å². The van der Waals surface area contributed by atoms with Crippen molar-refractivity contribution in [2.45, 2.75) is 31.7 Å². The number of likely N-dealkylation sites (N-methyl/N-ethyl adjacent to an activating group) is 2. The number of rotatable bonds is 6. The number of piperazine rings is 1. The summed E-state index contributed by atoms with van der Waals surface area (Å²) in [6.45, 7) is 11.2. The van der Waals surface area contributed by atoms with Crippen molar-refractivity contribution in [2.24, 2.45) is 5.92 Å². The molecule has 1 aliphatic heterocycles. The molecule has 2 aliphatic rings. The molecule has 1 saturated carbocycles. The fourth-order valence-corrected chi connectivity index (χ4v) is 3.75. The summed E-state index contributed by atoms with van der Waals surface area (Å²) >= 11 is 0. The molecule has 1 heterocycles. The number of carbonyl (C=O) groups is 1. The molecule has 4 nitrogen and oxygen atoms in total. The molecule has 1 amide bonds. The molecule has 0 aromatic heterocycles. The highest BCUT2D eigenvalue weighted by Crippen LogP contribution is 2.29.